The molecule has 0 saturated heterocycles. The molecule has 0 aromatic heterocycles. The Labute approximate surface area is 117 Å². The summed E-state index contributed by atoms with van der Waals surface area (Å²) in [6, 6.07) is 0. The fourth-order valence-corrected chi connectivity index (χ4v) is 1.53. The summed E-state index contributed by atoms with van der Waals surface area (Å²) in [6.07, 6.45) is 14.5. The maximum atomic E-state index is 9.23. The maximum absolute atomic E-state index is 9.23. The van der Waals surface area contributed by atoms with Crippen LogP contribution in [0.3, 0.4) is 0 Å². The Hall–Kier alpha value is 0.439. The fourth-order valence-electron chi connectivity index (χ4n) is 1.53. The van der Waals surface area contributed by atoms with Gasteiger partial charge >= 0.3 is 17.1 Å². The van der Waals surface area contributed by atoms with Crippen molar-refractivity contribution < 1.29 is 27.3 Å². The topological polar surface area (TPSA) is 40.5 Å². The molecule has 0 bridgehead atoms. The molecular formula is C14H18FeO2+2. The van der Waals surface area contributed by atoms with Crippen molar-refractivity contribution in [2.75, 3.05) is 0 Å². The molecule has 0 unspecified atom stereocenters. The van der Waals surface area contributed by atoms with E-state index in [1.807, 2.05) is 51.4 Å². The van der Waals surface area contributed by atoms with Gasteiger partial charge in [0, 0.05) is 11.8 Å². The van der Waals surface area contributed by atoms with Crippen LogP contribution in [0.5, 0.6) is 0 Å². The molecule has 2 fully saturated rings. The molecule has 2 N–H and O–H groups in total. The average molecular weight is 274 g/mol. The summed E-state index contributed by atoms with van der Waals surface area (Å²) in [5, 5.41) is 18.5. The van der Waals surface area contributed by atoms with E-state index < -0.39 is 12.2 Å². The second-order valence-corrected chi connectivity index (χ2v) is 3.75. The van der Waals surface area contributed by atoms with Crippen LogP contribution in [0, 0.1) is 63.2 Å². The number of hydrogen-bond acceptors (Lipinski definition) is 2. The minimum atomic E-state index is -0.491. The van der Waals surface area contributed by atoms with Gasteiger partial charge < -0.3 is 10.2 Å². The first-order valence-corrected chi connectivity index (χ1v) is 5.41. The van der Waals surface area contributed by atoms with Gasteiger partial charge in [0.15, 0.2) is 0 Å². The molecule has 2 aliphatic rings. The van der Waals surface area contributed by atoms with Gasteiger partial charge in [0.2, 0.25) is 0 Å². The van der Waals surface area contributed by atoms with Crippen LogP contribution in [0.1, 0.15) is 13.8 Å². The summed E-state index contributed by atoms with van der Waals surface area (Å²) in [7, 11) is 0. The Kier molecular flexibility index (Phi) is 9.62. The predicted octanol–water partition coefficient (Wildman–Crippen LogP) is 1.54. The summed E-state index contributed by atoms with van der Waals surface area (Å²) in [6.45, 7) is 3.39. The van der Waals surface area contributed by atoms with E-state index in [1.54, 1.807) is 13.8 Å². The van der Waals surface area contributed by atoms with Crippen molar-refractivity contribution in [2.24, 2.45) is 0 Å². The van der Waals surface area contributed by atoms with Crippen molar-refractivity contribution in [3.63, 3.8) is 0 Å². The van der Waals surface area contributed by atoms with E-state index >= 15 is 0 Å². The first-order valence-electron chi connectivity index (χ1n) is 5.41. The monoisotopic (exact) mass is 274 g/mol. The molecule has 0 spiro atoms. The minimum Gasteiger partial charge on any atom is -0.393 e. The van der Waals surface area contributed by atoms with Crippen molar-refractivity contribution >= 4 is 0 Å². The van der Waals surface area contributed by atoms with Crippen LogP contribution in [0.2, 0.25) is 0 Å². The molecule has 0 amide bonds. The largest absolute Gasteiger partial charge is 2.00 e. The van der Waals surface area contributed by atoms with Crippen LogP contribution in [-0.4, -0.2) is 22.4 Å². The Bertz CT molecular complexity index is 157. The fraction of sp³-hybridized carbons (Fsp3) is 0.286. The quantitative estimate of drug-likeness (QED) is 0.750. The third kappa shape index (κ3) is 6.24. The minimum absolute atomic E-state index is 0. The second kappa shape index (κ2) is 9.38. The molecule has 2 nitrogen and oxygen atoms in total. The van der Waals surface area contributed by atoms with Crippen LogP contribution in [-0.2, 0) is 17.1 Å². The number of aliphatic hydroxyl groups excluding tert-OH is 2. The van der Waals surface area contributed by atoms with Crippen LogP contribution in [0.15, 0.2) is 0 Å². The molecule has 0 aromatic rings. The zero-order chi connectivity index (χ0) is 12.0. The maximum Gasteiger partial charge on any atom is 2.00 e. The third-order valence-electron chi connectivity index (χ3n) is 2.34. The van der Waals surface area contributed by atoms with Gasteiger partial charge in [-0.15, -0.1) is 0 Å². The van der Waals surface area contributed by atoms with E-state index in [4.69, 9.17) is 0 Å². The molecular weight excluding hydrogens is 256 g/mol. The van der Waals surface area contributed by atoms with Crippen molar-refractivity contribution in [3.05, 3.63) is 63.2 Å². The summed E-state index contributed by atoms with van der Waals surface area (Å²) in [4.78, 5) is 0. The number of aliphatic hydroxyl groups is 2. The molecule has 2 atom stereocenters. The van der Waals surface area contributed by atoms with Gasteiger partial charge in [-0.3, -0.25) is 0 Å². The SMILES string of the molecule is C[C@H](O)[C]1[CH][CH][CH][C]1[C@H](C)O.[CH]1[CH][CH][CH][CH]1.[Fe+2]. The van der Waals surface area contributed by atoms with E-state index in [2.05, 4.69) is 0 Å². The van der Waals surface area contributed by atoms with E-state index in [1.165, 1.54) is 0 Å². The second-order valence-electron chi connectivity index (χ2n) is 3.75. The van der Waals surface area contributed by atoms with Crippen molar-refractivity contribution in [1.82, 2.24) is 0 Å². The van der Waals surface area contributed by atoms with E-state index in [0.717, 1.165) is 11.8 Å². The van der Waals surface area contributed by atoms with Crippen LogP contribution in [0.4, 0.5) is 0 Å². The first kappa shape index (κ1) is 17.4. The van der Waals surface area contributed by atoms with Gasteiger partial charge in [0.1, 0.15) is 0 Å². The van der Waals surface area contributed by atoms with Gasteiger partial charge in [-0.05, 0) is 65.2 Å². The molecule has 0 heterocycles. The van der Waals surface area contributed by atoms with Gasteiger partial charge in [-0.25, -0.2) is 0 Å². The van der Waals surface area contributed by atoms with E-state index in [0.29, 0.717) is 0 Å². The Balaban J connectivity index is 0.000000360. The molecule has 17 heavy (non-hydrogen) atoms. The van der Waals surface area contributed by atoms with Gasteiger partial charge in [-0.2, -0.15) is 0 Å². The van der Waals surface area contributed by atoms with E-state index in [-0.39, 0.29) is 17.1 Å². The number of rotatable bonds is 2. The standard InChI is InChI=1S/C9H13O2.C5H5.Fe/c1-6(10)8-4-3-5-9(8)7(2)11;1-2-4-5-3-1;/h3-7,10-11H,1-2H3;1-5H;/q;;+2/t6-,7-;;/m0../s1. The van der Waals surface area contributed by atoms with Crippen LogP contribution < -0.4 is 0 Å². The van der Waals surface area contributed by atoms with Crippen molar-refractivity contribution in [2.45, 2.75) is 26.1 Å². The molecule has 0 aromatic carbocycles. The average Bonchev–Trinajstić information content (AvgIpc) is 2.92. The van der Waals surface area contributed by atoms with Crippen molar-refractivity contribution in [3.8, 4) is 0 Å². The summed E-state index contributed by atoms with van der Waals surface area (Å²) >= 11 is 0. The third-order valence-corrected chi connectivity index (χ3v) is 2.34. The summed E-state index contributed by atoms with van der Waals surface area (Å²) < 4.78 is 0. The van der Waals surface area contributed by atoms with Crippen molar-refractivity contribution in [1.29, 1.82) is 0 Å². The normalized spacial score (nSPS) is 24.7. The van der Waals surface area contributed by atoms with Crippen LogP contribution in [0.25, 0.3) is 0 Å². The molecule has 0 aliphatic heterocycles. The molecule has 2 rings (SSSR count). The zero-order valence-electron chi connectivity index (χ0n) is 10.0. The first-order chi connectivity index (χ1) is 7.63. The van der Waals surface area contributed by atoms with E-state index in [9.17, 15) is 10.2 Å². The summed E-state index contributed by atoms with van der Waals surface area (Å²) in [5.74, 6) is 1.64. The molecule has 92 valence electrons. The predicted molar refractivity (Wildman–Crippen MR) is 64.2 cm³/mol. The molecule has 3 heteroatoms. The molecule has 2 aliphatic carbocycles. The summed E-state index contributed by atoms with van der Waals surface area (Å²) in [5.41, 5.74) is 0. The smallest absolute Gasteiger partial charge is 0.393 e. The van der Waals surface area contributed by atoms with Crippen LogP contribution >= 0.6 is 0 Å². The Morgan fingerprint density at radius 2 is 1.00 bits per heavy atom. The molecule has 10 radical (unpaired) electrons. The number of hydrogen-bond donors (Lipinski definition) is 2. The Morgan fingerprint density at radius 1 is 0.706 bits per heavy atom. The van der Waals surface area contributed by atoms with Gasteiger partial charge in [0.05, 0.1) is 12.2 Å². The Morgan fingerprint density at radius 3 is 1.24 bits per heavy atom. The molecule has 2 saturated carbocycles. The zero-order valence-corrected chi connectivity index (χ0v) is 11.1. The van der Waals surface area contributed by atoms with Gasteiger partial charge in [0.25, 0.3) is 0 Å². The van der Waals surface area contributed by atoms with Gasteiger partial charge in [-0.1, -0.05) is 0 Å².